The standard InChI is InChI=1S/C20H34O16/c1-2-6(22)10(24)14(28)11(25)7(23)4-33-19-18(32)16(30)13(27)9(36-19)5-34-20-17(31)15(29)12(26)8(3-21)35-20/h2,7-21,23-32H,1,3-5H2/t7-,8-,9-,10+,11-,12-,13-,14-,15+,16+,17-,18-,19+,20+/m1/s1. The second-order valence-electron chi connectivity index (χ2n) is 8.48. The van der Waals surface area contributed by atoms with Crippen molar-refractivity contribution in [1.82, 2.24) is 0 Å². The van der Waals surface area contributed by atoms with Crippen LogP contribution in [0.25, 0.3) is 0 Å². The summed E-state index contributed by atoms with van der Waals surface area (Å²) in [7, 11) is 0. The number of hydrogen-bond acceptors (Lipinski definition) is 16. The number of carbonyl (C=O) groups is 1. The first-order valence-corrected chi connectivity index (χ1v) is 11.0. The Hall–Kier alpha value is -1.19. The van der Waals surface area contributed by atoms with E-state index in [4.69, 9.17) is 18.9 Å². The molecule has 2 heterocycles. The highest BCUT2D eigenvalue weighted by atomic mass is 16.7. The highest BCUT2D eigenvalue weighted by molar-refractivity contribution is 5.93. The van der Waals surface area contributed by atoms with Crippen molar-refractivity contribution in [1.29, 1.82) is 0 Å². The van der Waals surface area contributed by atoms with Crippen LogP contribution >= 0.6 is 0 Å². The van der Waals surface area contributed by atoms with Gasteiger partial charge in [0, 0.05) is 0 Å². The van der Waals surface area contributed by atoms with Crippen molar-refractivity contribution >= 4 is 5.78 Å². The quantitative estimate of drug-likeness (QED) is 0.105. The number of aliphatic hydroxyl groups excluding tert-OH is 11. The number of hydrogen-bond donors (Lipinski definition) is 11. The zero-order valence-electron chi connectivity index (χ0n) is 18.9. The number of aliphatic hydroxyl groups is 11. The molecule has 14 atom stereocenters. The highest BCUT2D eigenvalue weighted by Gasteiger charge is 2.47. The van der Waals surface area contributed by atoms with Gasteiger partial charge in [-0.3, -0.25) is 4.79 Å². The molecule has 0 spiro atoms. The maximum Gasteiger partial charge on any atom is 0.186 e. The zero-order chi connectivity index (χ0) is 27.3. The van der Waals surface area contributed by atoms with E-state index in [1.165, 1.54) is 0 Å². The molecule has 0 bridgehead atoms. The Balaban J connectivity index is 1.96. The first kappa shape index (κ1) is 31.0. The van der Waals surface area contributed by atoms with Crippen LogP contribution in [0.4, 0.5) is 0 Å². The van der Waals surface area contributed by atoms with E-state index in [1.54, 1.807) is 0 Å². The molecule has 0 radical (unpaired) electrons. The molecule has 0 aliphatic carbocycles. The molecule has 16 heteroatoms. The van der Waals surface area contributed by atoms with Crippen LogP contribution in [-0.2, 0) is 23.7 Å². The molecule has 0 unspecified atom stereocenters. The predicted molar refractivity (Wildman–Crippen MR) is 112 cm³/mol. The van der Waals surface area contributed by atoms with Gasteiger partial charge in [-0.2, -0.15) is 0 Å². The lowest BCUT2D eigenvalue weighted by molar-refractivity contribution is -0.333. The third-order valence-corrected chi connectivity index (χ3v) is 5.93. The monoisotopic (exact) mass is 530 g/mol. The average molecular weight is 530 g/mol. The van der Waals surface area contributed by atoms with Gasteiger partial charge in [0.15, 0.2) is 18.4 Å². The molecule has 11 N–H and O–H groups in total. The normalized spacial score (nSPS) is 40.8. The number of rotatable bonds is 12. The Morgan fingerprint density at radius 1 is 0.778 bits per heavy atom. The Kier molecular flexibility index (Phi) is 11.7. The molecule has 2 saturated heterocycles. The maximum absolute atomic E-state index is 11.4. The fourth-order valence-electron chi connectivity index (χ4n) is 3.58. The second-order valence-corrected chi connectivity index (χ2v) is 8.48. The zero-order valence-corrected chi connectivity index (χ0v) is 18.9. The van der Waals surface area contributed by atoms with Crippen molar-refractivity contribution in [2.45, 2.75) is 85.8 Å². The molecular formula is C20H34O16. The van der Waals surface area contributed by atoms with E-state index in [0.717, 1.165) is 0 Å². The summed E-state index contributed by atoms with van der Waals surface area (Å²) in [5.74, 6) is -1.01. The summed E-state index contributed by atoms with van der Waals surface area (Å²) in [6, 6.07) is 0. The van der Waals surface area contributed by atoms with E-state index in [-0.39, 0.29) is 0 Å². The molecule has 0 aromatic carbocycles. The minimum Gasteiger partial charge on any atom is -0.394 e. The van der Waals surface area contributed by atoms with Crippen LogP contribution in [0.5, 0.6) is 0 Å². The van der Waals surface area contributed by atoms with Crippen molar-refractivity contribution in [2.24, 2.45) is 0 Å². The van der Waals surface area contributed by atoms with Crippen LogP contribution in [0.15, 0.2) is 12.7 Å². The van der Waals surface area contributed by atoms with Crippen LogP contribution < -0.4 is 0 Å². The van der Waals surface area contributed by atoms with Crippen molar-refractivity contribution < 1.29 is 79.9 Å². The molecule has 0 amide bonds. The lowest BCUT2D eigenvalue weighted by Crippen LogP contribution is -2.62. The Labute approximate surface area is 204 Å². The lowest BCUT2D eigenvalue weighted by atomic mass is 9.98. The largest absolute Gasteiger partial charge is 0.394 e. The average Bonchev–Trinajstić information content (AvgIpc) is 2.88. The Morgan fingerprint density at radius 3 is 1.81 bits per heavy atom. The van der Waals surface area contributed by atoms with Crippen molar-refractivity contribution in [3.63, 3.8) is 0 Å². The summed E-state index contributed by atoms with van der Waals surface area (Å²) in [4.78, 5) is 11.4. The predicted octanol–water partition coefficient (Wildman–Crippen LogP) is -7.17. The van der Waals surface area contributed by atoms with Crippen LogP contribution in [0.3, 0.4) is 0 Å². The molecule has 0 saturated carbocycles. The van der Waals surface area contributed by atoms with E-state index < -0.39 is 111 Å². The van der Waals surface area contributed by atoms with E-state index in [0.29, 0.717) is 6.08 Å². The summed E-state index contributed by atoms with van der Waals surface area (Å²) in [6.07, 6.45) is -24.0. The van der Waals surface area contributed by atoms with E-state index in [9.17, 15) is 61.0 Å². The minimum absolute atomic E-state index is 0.618. The molecule has 2 rings (SSSR count). The Bertz CT molecular complexity index is 707. The minimum atomic E-state index is -2.11. The van der Waals surface area contributed by atoms with Crippen molar-refractivity contribution in [3.8, 4) is 0 Å². The number of carbonyl (C=O) groups excluding carboxylic acids is 1. The van der Waals surface area contributed by atoms with Gasteiger partial charge in [-0.15, -0.1) is 0 Å². The van der Waals surface area contributed by atoms with Gasteiger partial charge < -0.3 is 75.1 Å². The van der Waals surface area contributed by atoms with Gasteiger partial charge in [-0.1, -0.05) is 6.58 Å². The smallest absolute Gasteiger partial charge is 0.186 e. The van der Waals surface area contributed by atoms with Gasteiger partial charge in [0.25, 0.3) is 0 Å². The fraction of sp³-hybridized carbons (Fsp3) is 0.850. The molecule has 0 aromatic heterocycles. The molecule has 36 heavy (non-hydrogen) atoms. The fourth-order valence-corrected chi connectivity index (χ4v) is 3.58. The van der Waals surface area contributed by atoms with Crippen LogP contribution in [0, 0.1) is 0 Å². The lowest BCUT2D eigenvalue weighted by Gasteiger charge is -2.42. The van der Waals surface area contributed by atoms with E-state index in [1.807, 2.05) is 0 Å². The van der Waals surface area contributed by atoms with Crippen LogP contribution in [0.1, 0.15) is 0 Å². The molecular weight excluding hydrogens is 496 g/mol. The van der Waals surface area contributed by atoms with Crippen molar-refractivity contribution in [2.75, 3.05) is 19.8 Å². The topological polar surface area (TPSA) is 277 Å². The van der Waals surface area contributed by atoms with Gasteiger partial charge in [0.2, 0.25) is 0 Å². The molecule has 210 valence electrons. The molecule has 2 fully saturated rings. The summed E-state index contributed by atoms with van der Waals surface area (Å²) < 4.78 is 20.9. The first-order chi connectivity index (χ1) is 16.8. The van der Waals surface area contributed by atoms with Gasteiger partial charge >= 0.3 is 0 Å². The van der Waals surface area contributed by atoms with Gasteiger partial charge in [0.1, 0.15) is 73.2 Å². The van der Waals surface area contributed by atoms with Crippen LogP contribution in [-0.4, -0.2) is 168 Å². The molecule has 2 aliphatic heterocycles. The number of ether oxygens (including phenoxy) is 4. The third kappa shape index (κ3) is 7.01. The van der Waals surface area contributed by atoms with E-state index in [2.05, 4.69) is 6.58 Å². The number of ketones is 1. The molecule has 2 aliphatic rings. The highest BCUT2D eigenvalue weighted by Crippen LogP contribution is 2.26. The third-order valence-electron chi connectivity index (χ3n) is 5.93. The summed E-state index contributed by atoms with van der Waals surface area (Å²) >= 11 is 0. The maximum atomic E-state index is 11.4. The summed E-state index contributed by atoms with van der Waals surface area (Å²) in [5.41, 5.74) is 0. The summed E-state index contributed by atoms with van der Waals surface area (Å²) in [6.45, 7) is 0.948. The van der Waals surface area contributed by atoms with Crippen molar-refractivity contribution in [3.05, 3.63) is 12.7 Å². The molecule has 16 nitrogen and oxygen atoms in total. The van der Waals surface area contributed by atoms with Crippen LogP contribution in [0.2, 0.25) is 0 Å². The summed E-state index contributed by atoms with van der Waals surface area (Å²) in [5, 5.41) is 109. The molecule has 0 aromatic rings. The first-order valence-electron chi connectivity index (χ1n) is 11.0. The van der Waals surface area contributed by atoms with Gasteiger partial charge in [0.05, 0.1) is 19.8 Å². The SMILES string of the molecule is C=CC(=O)[C@H](O)[C@@H](O)[C@H](O)[C@H](O)CO[C@H]1O[C@H](CO[C@H]2O[C@H](CO)[C@@H](O)[C@H](O)[C@H]2O)[C@@H](O)[C@H](O)[C@H]1O. The second kappa shape index (κ2) is 13.6. The van der Waals surface area contributed by atoms with E-state index >= 15 is 0 Å². The Morgan fingerprint density at radius 2 is 1.28 bits per heavy atom. The van der Waals surface area contributed by atoms with Gasteiger partial charge in [-0.25, -0.2) is 0 Å². The van der Waals surface area contributed by atoms with Gasteiger partial charge in [-0.05, 0) is 6.08 Å².